The van der Waals surface area contributed by atoms with Crippen molar-refractivity contribution in [1.29, 1.82) is 5.26 Å². The van der Waals surface area contributed by atoms with Crippen LogP contribution in [0.15, 0.2) is 6.07 Å². The number of benzene rings is 1. The van der Waals surface area contributed by atoms with Crippen molar-refractivity contribution in [3.63, 3.8) is 0 Å². The molecule has 0 heterocycles. The molecule has 2 unspecified atom stereocenters. The number of carbonyl (C=O) groups is 3. The molecule has 0 bridgehead atoms. The van der Waals surface area contributed by atoms with E-state index in [4.69, 9.17) is 5.73 Å². The fourth-order valence-electron chi connectivity index (χ4n) is 8.23. The molecule has 9 heteroatoms. The van der Waals surface area contributed by atoms with Gasteiger partial charge >= 0.3 is 0 Å². The van der Waals surface area contributed by atoms with E-state index in [0.29, 0.717) is 5.56 Å². The van der Waals surface area contributed by atoms with Crippen LogP contribution < -0.4 is 5.73 Å². The van der Waals surface area contributed by atoms with Gasteiger partial charge < -0.3 is 26.2 Å². The van der Waals surface area contributed by atoms with Crippen LogP contribution in [-0.4, -0.2) is 55.7 Å². The zero-order valence-corrected chi connectivity index (χ0v) is 22.1. The van der Waals surface area contributed by atoms with Gasteiger partial charge in [-0.25, -0.2) is 0 Å². The first kappa shape index (κ1) is 27.2. The second-order valence-electron chi connectivity index (χ2n) is 12.5. The minimum Gasteiger partial charge on any atom is -0.506 e. The van der Waals surface area contributed by atoms with Gasteiger partial charge in [0, 0.05) is 5.41 Å². The predicted octanol–water partition coefficient (Wildman–Crippen LogP) is 1.57. The number of aromatic hydroxyl groups is 1. The number of aliphatic hydroxyl groups is 3. The zero-order chi connectivity index (χ0) is 28.0. The highest BCUT2D eigenvalue weighted by Gasteiger charge is 2.75. The molecule has 6 N–H and O–H groups in total. The highest BCUT2D eigenvalue weighted by molar-refractivity contribution is 6.09. The number of hydrogen-bond donors (Lipinski definition) is 5. The molecule has 37 heavy (non-hydrogen) atoms. The summed E-state index contributed by atoms with van der Waals surface area (Å²) in [6, 6.07) is 3.49. The number of rotatable bonds is 3. The molecule has 8 atom stereocenters. The quantitative estimate of drug-likeness (QED) is 0.378. The van der Waals surface area contributed by atoms with Gasteiger partial charge in [0.25, 0.3) is 0 Å². The van der Waals surface area contributed by atoms with Gasteiger partial charge in [0.15, 0.2) is 17.2 Å². The monoisotopic (exact) mass is 512 g/mol. The van der Waals surface area contributed by atoms with Crippen LogP contribution in [0, 0.1) is 45.8 Å². The molecule has 3 aliphatic rings. The van der Waals surface area contributed by atoms with Gasteiger partial charge in [-0.15, -0.1) is 0 Å². The number of ketones is 2. The number of carbonyl (C=O) groups excluding carboxylic acids is 3. The number of phenols is 1. The van der Waals surface area contributed by atoms with Crippen molar-refractivity contribution in [2.24, 2.45) is 40.2 Å². The van der Waals surface area contributed by atoms with E-state index in [1.54, 1.807) is 33.8 Å². The highest BCUT2D eigenvalue weighted by atomic mass is 16.4. The Kier molecular flexibility index (Phi) is 6.15. The Bertz CT molecular complexity index is 1250. The maximum absolute atomic E-state index is 14.1. The Morgan fingerprint density at radius 1 is 1.19 bits per heavy atom. The molecular weight excluding hydrogens is 476 g/mol. The lowest BCUT2D eigenvalue weighted by Gasteiger charge is -2.66. The number of nitrogens with zero attached hydrogens (tertiary/aromatic N) is 1. The maximum Gasteiger partial charge on any atom is 0.230 e. The third-order valence-corrected chi connectivity index (χ3v) is 9.56. The number of aliphatic hydroxyl groups excluding tert-OH is 2. The van der Waals surface area contributed by atoms with Gasteiger partial charge in [-0.3, -0.25) is 14.4 Å². The summed E-state index contributed by atoms with van der Waals surface area (Å²) in [7, 11) is 0. The SMILES string of the molecule is CC(C)c1cc(C#N)c(O)c2c1C[C@]1(C)C[C@]3(C)[C@@H](C(C)C)C(O)[C@@H](C(N)=O)C(=O)[C@]3(O)C(O)[C@H]1C2=O. The van der Waals surface area contributed by atoms with E-state index >= 15 is 0 Å². The lowest BCUT2D eigenvalue weighted by Crippen LogP contribution is -2.79. The molecule has 4 rings (SSSR count). The Balaban J connectivity index is 2.01. The van der Waals surface area contributed by atoms with Gasteiger partial charge in [0.1, 0.15) is 23.8 Å². The molecule has 0 radical (unpaired) electrons. The molecule has 0 aromatic heterocycles. The molecule has 1 aromatic carbocycles. The van der Waals surface area contributed by atoms with E-state index in [0.717, 1.165) is 5.56 Å². The molecule has 0 aliphatic heterocycles. The Labute approximate surface area is 216 Å². The Hall–Kier alpha value is -2.80. The summed E-state index contributed by atoms with van der Waals surface area (Å²) in [6.07, 6.45) is -3.09. The normalized spacial score (nSPS) is 39.1. The molecule has 200 valence electrons. The lowest BCUT2D eigenvalue weighted by molar-refractivity contribution is -0.265. The lowest BCUT2D eigenvalue weighted by atomic mass is 9.39. The fourth-order valence-corrected chi connectivity index (χ4v) is 8.23. The molecule has 1 amide bonds. The smallest absolute Gasteiger partial charge is 0.230 e. The van der Waals surface area contributed by atoms with E-state index in [2.05, 4.69) is 0 Å². The summed E-state index contributed by atoms with van der Waals surface area (Å²) < 4.78 is 0. The van der Waals surface area contributed by atoms with E-state index in [1.165, 1.54) is 0 Å². The highest BCUT2D eigenvalue weighted by Crippen LogP contribution is 2.66. The van der Waals surface area contributed by atoms with Crippen molar-refractivity contribution in [3.8, 4) is 11.8 Å². The number of Topliss-reactive ketones (excluding diaryl/α,β-unsaturated/α-hetero) is 2. The summed E-state index contributed by atoms with van der Waals surface area (Å²) in [5, 5.41) is 55.5. The molecule has 1 aromatic rings. The third-order valence-electron chi connectivity index (χ3n) is 9.56. The number of nitrogens with two attached hydrogens (primary N) is 1. The van der Waals surface area contributed by atoms with Gasteiger partial charge in [0.05, 0.1) is 23.1 Å². The van der Waals surface area contributed by atoms with E-state index in [-0.39, 0.29) is 35.8 Å². The van der Waals surface area contributed by atoms with Gasteiger partial charge in [-0.2, -0.15) is 5.26 Å². The van der Waals surface area contributed by atoms with Crippen LogP contribution in [0.5, 0.6) is 5.75 Å². The summed E-state index contributed by atoms with van der Waals surface area (Å²) in [5.41, 5.74) is 1.71. The van der Waals surface area contributed by atoms with Crippen molar-refractivity contribution < 1.29 is 34.8 Å². The average molecular weight is 513 g/mol. The Morgan fingerprint density at radius 3 is 2.27 bits per heavy atom. The number of nitriles is 1. The van der Waals surface area contributed by atoms with Crippen LogP contribution in [-0.2, 0) is 16.0 Å². The second kappa shape index (κ2) is 8.35. The summed E-state index contributed by atoms with van der Waals surface area (Å²) in [5.74, 6) is -7.60. The van der Waals surface area contributed by atoms with Gasteiger partial charge in [0.2, 0.25) is 5.91 Å². The van der Waals surface area contributed by atoms with Crippen LogP contribution in [0.25, 0.3) is 0 Å². The number of primary amides is 1. The largest absolute Gasteiger partial charge is 0.506 e. The van der Waals surface area contributed by atoms with Crippen molar-refractivity contribution in [2.45, 2.75) is 78.1 Å². The zero-order valence-electron chi connectivity index (χ0n) is 22.1. The molecule has 2 fully saturated rings. The fraction of sp³-hybridized carbons (Fsp3) is 0.643. The third kappa shape index (κ3) is 3.28. The van der Waals surface area contributed by atoms with Crippen LogP contribution in [0.4, 0.5) is 0 Å². The van der Waals surface area contributed by atoms with E-state index < -0.39 is 69.6 Å². The molecule has 2 saturated carbocycles. The second-order valence-corrected chi connectivity index (χ2v) is 12.5. The number of hydrogen-bond acceptors (Lipinski definition) is 8. The molecular formula is C28H36N2O7. The Morgan fingerprint density at radius 2 is 1.78 bits per heavy atom. The predicted molar refractivity (Wildman–Crippen MR) is 132 cm³/mol. The van der Waals surface area contributed by atoms with Crippen molar-refractivity contribution in [3.05, 3.63) is 28.3 Å². The maximum atomic E-state index is 14.1. The van der Waals surface area contributed by atoms with Crippen molar-refractivity contribution in [2.75, 3.05) is 0 Å². The van der Waals surface area contributed by atoms with Crippen LogP contribution in [0.2, 0.25) is 0 Å². The minimum absolute atomic E-state index is 0.0706. The molecule has 9 nitrogen and oxygen atoms in total. The number of amides is 1. The van der Waals surface area contributed by atoms with E-state index in [1.807, 2.05) is 19.9 Å². The molecule has 3 aliphatic carbocycles. The minimum atomic E-state index is -2.55. The van der Waals surface area contributed by atoms with Crippen LogP contribution >= 0.6 is 0 Å². The summed E-state index contributed by atoms with van der Waals surface area (Å²) >= 11 is 0. The average Bonchev–Trinajstić information content (AvgIpc) is 2.75. The summed E-state index contributed by atoms with van der Waals surface area (Å²) in [4.78, 5) is 40.0. The van der Waals surface area contributed by atoms with Crippen LogP contribution in [0.3, 0.4) is 0 Å². The van der Waals surface area contributed by atoms with Gasteiger partial charge in [-0.05, 0) is 53.2 Å². The van der Waals surface area contributed by atoms with Crippen LogP contribution in [0.1, 0.15) is 80.9 Å². The standard InChI is InChI=1S/C28H36N2O7/c1-11(2)14-7-13(9-29)20(31)16-15(14)8-26(5)10-27(6)18(12(3)4)22(33)17(25(30)36)23(34)28(27,37)24(35)19(26)21(16)32/h7,11-12,17-19,22,24,31,33,35,37H,8,10H2,1-6H3,(H2,30,36)/t17-,18+,19-,22?,24?,26-,27-,28+/m1/s1. The van der Waals surface area contributed by atoms with Gasteiger partial charge in [-0.1, -0.05) is 41.5 Å². The molecule has 0 saturated heterocycles. The van der Waals surface area contributed by atoms with E-state index in [9.17, 15) is 40.1 Å². The molecule has 0 spiro atoms. The first-order valence-corrected chi connectivity index (χ1v) is 12.7. The number of phenolic OH excluding ortho intramolecular Hbond substituents is 1. The topological polar surface area (TPSA) is 182 Å². The van der Waals surface area contributed by atoms with Crippen molar-refractivity contribution >= 4 is 17.5 Å². The number of fused-ring (bicyclic) bond motifs is 3. The first-order valence-electron chi connectivity index (χ1n) is 12.7. The first-order chi connectivity index (χ1) is 17.0. The van der Waals surface area contributed by atoms with Crippen molar-refractivity contribution in [1.82, 2.24) is 0 Å². The summed E-state index contributed by atoms with van der Waals surface area (Å²) in [6.45, 7) is 10.9.